The van der Waals surface area contributed by atoms with Gasteiger partial charge in [-0.1, -0.05) is 119 Å². The molecule has 0 aliphatic heterocycles. The minimum atomic E-state index is -1.72. The number of benzene rings is 6. The van der Waals surface area contributed by atoms with Gasteiger partial charge >= 0.3 is 99.8 Å². The maximum atomic E-state index is 6.66. The van der Waals surface area contributed by atoms with Crippen LogP contribution in [0.4, 0.5) is 0 Å². The van der Waals surface area contributed by atoms with Crippen molar-refractivity contribution < 1.29 is 24.5 Å². The van der Waals surface area contributed by atoms with Crippen molar-refractivity contribution in [1.82, 2.24) is 19.5 Å². The number of rotatable bonds is 5. The number of pyridine rings is 2. The molecule has 7 heteroatoms. The van der Waals surface area contributed by atoms with Gasteiger partial charge in [0.05, 0.1) is 28.1 Å². The van der Waals surface area contributed by atoms with Crippen molar-refractivity contribution in [1.29, 1.82) is 0 Å². The number of nitrogens with zero attached hydrogens (tertiary/aromatic N) is 4. The summed E-state index contributed by atoms with van der Waals surface area (Å²) < 4.78 is 10.4. The van der Waals surface area contributed by atoms with Crippen molar-refractivity contribution in [3.05, 3.63) is 186 Å². The van der Waals surface area contributed by atoms with Crippen molar-refractivity contribution in [2.45, 2.75) is 69.6 Å². The molecule has 0 unspecified atom stereocenters. The number of aromatic nitrogens is 4. The van der Waals surface area contributed by atoms with Crippen LogP contribution in [0.15, 0.2) is 156 Å². The van der Waals surface area contributed by atoms with Crippen molar-refractivity contribution in [3.63, 3.8) is 0 Å². The van der Waals surface area contributed by atoms with Crippen LogP contribution in [0.5, 0.6) is 0 Å². The fourth-order valence-corrected chi connectivity index (χ4v) is 11.3. The summed E-state index contributed by atoms with van der Waals surface area (Å²) in [6.45, 7) is 13.7. The first-order valence-corrected chi connectivity index (χ1v) is 29.5. The van der Waals surface area contributed by atoms with Gasteiger partial charge in [-0.3, -0.25) is 4.98 Å². The van der Waals surface area contributed by atoms with Gasteiger partial charge in [-0.25, -0.2) is 4.98 Å². The van der Waals surface area contributed by atoms with Crippen LogP contribution in [0.2, 0.25) is 17.3 Å². The third-order valence-electron chi connectivity index (χ3n) is 12.9. The molecule has 1 radical (unpaired) electrons. The SMILES string of the molecule is Cc1c[c-]c(-c2nc3ccccc3n2-c2ccc3c(c2)C(C)(C)c2cc(C(C)(C)C)ccc2-3)c2oc3nc(-c4ccccc4)ccc3c12.[CH3][Ge]([CH3])([CH3])[c]1ccc(-c2[c-]cccc2)nc1.[Ir]. The summed E-state index contributed by atoms with van der Waals surface area (Å²) in [5.74, 6) is 7.94. The molecule has 1 aliphatic carbocycles. The molecule has 0 atom stereocenters. The van der Waals surface area contributed by atoms with E-state index in [1.165, 1.54) is 32.2 Å². The van der Waals surface area contributed by atoms with E-state index in [0.717, 1.165) is 72.5 Å². The van der Waals surface area contributed by atoms with Gasteiger partial charge < -0.3 is 8.98 Å². The number of furan rings is 1. The van der Waals surface area contributed by atoms with Gasteiger partial charge in [0.25, 0.3) is 0 Å². The van der Waals surface area contributed by atoms with E-state index in [9.17, 15) is 0 Å². The van der Waals surface area contributed by atoms with E-state index in [2.05, 4.69) is 178 Å². The Morgan fingerprint density at radius 2 is 1.42 bits per heavy atom. The van der Waals surface area contributed by atoms with Crippen LogP contribution >= 0.6 is 0 Å². The Hall–Kier alpha value is -5.92. The van der Waals surface area contributed by atoms with Crippen molar-refractivity contribution in [2.24, 2.45) is 0 Å². The van der Waals surface area contributed by atoms with Crippen LogP contribution in [-0.2, 0) is 30.9 Å². The minimum absolute atomic E-state index is 0. The van der Waals surface area contributed by atoms with Crippen LogP contribution in [-0.4, -0.2) is 32.8 Å². The fourth-order valence-electron chi connectivity index (χ4n) is 9.14. The normalized spacial score (nSPS) is 13.0. The number of fused-ring (bicyclic) bond motifs is 7. The monoisotopic (exact) mass is 1090 g/mol. The third kappa shape index (κ3) is 8.00. The predicted molar refractivity (Wildman–Crippen MR) is 268 cm³/mol. The van der Waals surface area contributed by atoms with Crippen LogP contribution in [0.25, 0.3) is 83.8 Å². The number of imidazole rings is 1. The molecule has 5 nitrogen and oxygen atoms in total. The van der Waals surface area contributed by atoms with Gasteiger partial charge in [-0.15, -0.1) is 17.7 Å². The van der Waals surface area contributed by atoms with E-state index in [1.807, 2.05) is 54.7 Å². The number of hydrogen-bond acceptors (Lipinski definition) is 4. The van der Waals surface area contributed by atoms with Crippen LogP contribution in [0, 0.1) is 19.1 Å². The molecule has 4 heterocycles. The third-order valence-corrected chi connectivity index (χ3v) is 17.1. The summed E-state index contributed by atoms with van der Waals surface area (Å²) >= 11 is -1.72. The molecule has 0 saturated carbocycles. The molecule has 10 aromatic rings. The van der Waals surface area contributed by atoms with Crippen molar-refractivity contribution in [2.75, 3.05) is 0 Å². The molecular formula is C58H52GeIrN4O-2. The summed E-state index contributed by atoms with van der Waals surface area (Å²) in [4.78, 5) is 14.7. The van der Waals surface area contributed by atoms with Crippen LogP contribution in [0.1, 0.15) is 56.9 Å². The first-order valence-electron chi connectivity index (χ1n) is 22.2. The summed E-state index contributed by atoms with van der Waals surface area (Å²) in [6, 6.07) is 57.8. The van der Waals surface area contributed by atoms with E-state index < -0.39 is 13.3 Å². The molecular weight excluding hydrogens is 1030 g/mol. The standard InChI is InChI=1S/C44H36N3O.C14H16GeN.Ir/c1-26-16-19-33(40-39(26)32-22-23-36(46-42(32)48-40)27-12-8-7-9-13-27)41-45-37-14-10-11-15-38(37)47(41)29-18-21-31-30-20-17-28(43(2,3)4)24-34(30)44(5,6)35(31)25-29;1-15(2,3)13-9-10-14(16-11-13)12-7-5-4-6-8-12;/h7-18,20-25H,1-6H3;4-7,9-11H,1-3H3;/q2*-1;. The first-order chi connectivity index (χ1) is 30.7. The smallest absolute Gasteiger partial charge is 0 e. The van der Waals surface area contributed by atoms with E-state index in [-0.39, 0.29) is 30.9 Å². The van der Waals surface area contributed by atoms with E-state index in [1.54, 1.807) is 0 Å². The molecule has 0 fully saturated rings. The zero-order valence-corrected chi connectivity index (χ0v) is 43.0. The summed E-state index contributed by atoms with van der Waals surface area (Å²) in [6.07, 6.45) is 2.04. The molecule has 0 saturated heterocycles. The molecule has 0 bridgehead atoms. The summed E-state index contributed by atoms with van der Waals surface area (Å²) in [5.41, 5.74) is 17.0. The molecule has 0 spiro atoms. The number of hydrogen-bond donors (Lipinski definition) is 0. The Labute approximate surface area is 398 Å². The molecule has 0 amide bonds. The molecule has 65 heavy (non-hydrogen) atoms. The molecule has 1 aliphatic rings. The Bertz CT molecular complexity index is 3370. The van der Waals surface area contributed by atoms with Gasteiger partial charge in [-0.2, -0.15) is 0 Å². The van der Waals surface area contributed by atoms with E-state index in [0.29, 0.717) is 5.71 Å². The Kier molecular flexibility index (Phi) is 11.5. The van der Waals surface area contributed by atoms with E-state index >= 15 is 0 Å². The average Bonchev–Trinajstić information content (AvgIpc) is 3.95. The number of para-hydroxylation sites is 2. The van der Waals surface area contributed by atoms with Crippen molar-refractivity contribution in [3.8, 4) is 50.7 Å². The van der Waals surface area contributed by atoms with Gasteiger partial charge in [0, 0.05) is 42.2 Å². The molecule has 11 rings (SSSR count). The second-order valence-corrected chi connectivity index (χ2v) is 30.3. The van der Waals surface area contributed by atoms with Gasteiger partial charge in [0.1, 0.15) is 0 Å². The zero-order valence-electron chi connectivity index (χ0n) is 38.5. The number of aryl methyl sites for hydroxylation is 1. The van der Waals surface area contributed by atoms with Crippen molar-refractivity contribution >= 4 is 50.8 Å². The second kappa shape index (κ2) is 16.8. The van der Waals surface area contributed by atoms with Gasteiger partial charge in [0.2, 0.25) is 5.71 Å². The van der Waals surface area contributed by atoms with Gasteiger partial charge in [-0.05, 0) is 69.6 Å². The largest absolute Gasteiger partial charge is 0 e. The Morgan fingerprint density at radius 1 is 0.708 bits per heavy atom. The zero-order chi connectivity index (χ0) is 44.5. The maximum Gasteiger partial charge on any atom is 0 e. The first kappa shape index (κ1) is 44.3. The molecule has 325 valence electrons. The molecule has 0 N–H and O–H groups in total. The van der Waals surface area contributed by atoms with E-state index in [4.69, 9.17) is 14.4 Å². The Balaban J connectivity index is 0.000000266. The quantitative estimate of drug-likeness (QED) is 0.127. The Morgan fingerprint density at radius 3 is 2.12 bits per heavy atom. The predicted octanol–water partition coefficient (Wildman–Crippen LogP) is 14.5. The summed E-state index contributed by atoms with van der Waals surface area (Å²) in [7, 11) is 0. The summed E-state index contributed by atoms with van der Waals surface area (Å²) in [5, 5.41) is 2.04. The van der Waals surface area contributed by atoms with Gasteiger partial charge in [0.15, 0.2) is 0 Å². The molecule has 6 aromatic carbocycles. The topological polar surface area (TPSA) is 56.7 Å². The van der Waals surface area contributed by atoms with Crippen LogP contribution < -0.4 is 4.40 Å². The maximum absolute atomic E-state index is 6.66. The molecule has 4 aromatic heterocycles. The minimum Gasteiger partial charge on any atom is 0 e. The average molecular weight is 1090 g/mol. The fraction of sp³-hybridized carbons (Fsp3) is 0.190. The second-order valence-electron chi connectivity index (χ2n) is 19.7. The van der Waals surface area contributed by atoms with Crippen LogP contribution in [0.3, 0.4) is 0 Å².